The largest absolute Gasteiger partial charge is 0.457 e. The highest BCUT2D eigenvalue weighted by Gasteiger charge is 2.30. The second-order valence-electron chi connectivity index (χ2n) is 14.8. The molecule has 10 rings (SSSR count). The fraction of sp³-hybridized carbons (Fsp3) is 0.106. The minimum atomic E-state index is 0.00140. The van der Waals surface area contributed by atoms with Crippen LogP contribution >= 0.6 is 0 Å². The fourth-order valence-electron chi connectivity index (χ4n) is 7.88. The Kier molecular flexibility index (Phi) is 7.02. The number of para-hydroxylation sites is 1. The summed E-state index contributed by atoms with van der Waals surface area (Å²) >= 11 is 0. The molecular formula is C47H37N5O. The van der Waals surface area contributed by atoms with E-state index in [0.29, 0.717) is 6.67 Å². The molecule has 6 heteroatoms. The molecule has 1 aliphatic rings. The molecule has 0 saturated carbocycles. The number of nitrogens with zero attached hydrogens (tertiary/aromatic N) is 5. The quantitative estimate of drug-likeness (QED) is 0.169. The van der Waals surface area contributed by atoms with Gasteiger partial charge < -0.3 is 14.5 Å². The van der Waals surface area contributed by atoms with Crippen LogP contribution in [0.5, 0.6) is 11.5 Å². The van der Waals surface area contributed by atoms with Crippen molar-refractivity contribution in [2.45, 2.75) is 26.2 Å². The summed E-state index contributed by atoms with van der Waals surface area (Å²) in [7, 11) is 0. The summed E-state index contributed by atoms with van der Waals surface area (Å²) in [5, 5.41) is 7.27. The van der Waals surface area contributed by atoms with E-state index in [0.717, 1.165) is 56.6 Å². The summed E-state index contributed by atoms with van der Waals surface area (Å²) in [5.41, 5.74) is 6.65. The molecule has 256 valence electrons. The lowest BCUT2D eigenvalue weighted by atomic mass is 9.88. The Balaban J connectivity index is 1.03. The molecule has 0 saturated heterocycles. The van der Waals surface area contributed by atoms with E-state index >= 15 is 0 Å². The fourth-order valence-corrected chi connectivity index (χ4v) is 7.88. The van der Waals surface area contributed by atoms with Gasteiger partial charge in [0.05, 0.1) is 22.4 Å². The first-order chi connectivity index (χ1) is 25.9. The minimum Gasteiger partial charge on any atom is -0.457 e. The van der Waals surface area contributed by atoms with Gasteiger partial charge in [0.2, 0.25) is 0 Å². The predicted octanol–water partition coefficient (Wildman–Crippen LogP) is 12.2. The van der Waals surface area contributed by atoms with Crippen molar-refractivity contribution >= 4 is 66.2 Å². The van der Waals surface area contributed by atoms with Crippen LogP contribution in [0.2, 0.25) is 0 Å². The molecule has 0 amide bonds. The number of aromatic nitrogens is 3. The summed E-state index contributed by atoms with van der Waals surface area (Å²) in [6.45, 7) is 7.32. The van der Waals surface area contributed by atoms with Crippen LogP contribution in [0.1, 0.15) is 26.3 Å². The van der Waals surface area contributed by atoms with Crippen LogP contribution in [0.15, 0.2) is 158 Å². The van der Waals surface area contributed by atoms with Gasteiger partial charge in [-0.25, -0.2) is 9.97 Å². The zero-order chi connectivity index (χ0) is 35.7. The van der Waals surface area contributed by atoms with Gasteiger partial charge in [-0.15, -0.1) is 0 Å². The molecule has 9 aromatic rings. The maximum Gasteiger partial charge on any atom is 0.158 e. The highest BCUT2D eigenvalue weighted by atomic mass is 16.5. The van der Waals surface area contributed by atoms with Crippen LogP contribution in [0.3, 0.4) is 0 Å². The first kappa shape index (κ1) is 31.1. The molecule has 4 heterocycles. The van der Waals surface area contributed by atoms with E-state index in [4.69, 9.17) is 14.7 Å². The van der Waals surface area contributed by atoms with Crippen molar-refractivity contribution in [2.24, 2.45) is 0 Å². The Hall–Kier alpha value is -6.66. The lowest BCUT2D eigenvalue weighted by Gasteiger charge is -2.24. The molecule has 0 aliphatic carbocycles. The normalized spacial score (nSPS) is 13.0. The molecule has 6 nitrogen and oxygen atoms in total. The number of hydrogen-bond acceptors (Lipinski definition) is 5. The third-order valence-electron chi connectivity index (χ3n) is 10.5. The van der Waals surface area contributed by atoms with Gasteiger partial charge in [-0.1, -0.05) is 93.6 Å². The average Bonchev–Trinajstić information content (AvgIpc) is 3.73. The van der Waals surface area contributed by atoms with Gasteiger partial charge in [0.1, 0.15) is 24.0 Å². The Bertz CT molecular complexity index is 2870. The number of rotatable bonds is 5. The number of ether oxygens (including phenoxy) is 1. The summed E-state index contributed by atoms with van der Waals surface area (Å²) in [6, 6.07) is 51.3. The zero-order valence-electron chi connectivity index (χ0n) is 29.9. The van der Waals surface area contributed by atoms with Crippen LogP contribution in [-0.4, -0.2) is 21.2 Å². The molecule has 0 bridgehead atoms. The molecule has 53 heavy (non-hydrogen) atoms. The minimum absolute atomic E-state index is 0.00140. The topological polar surface area (TPSA) is 46.4 Å². The molecule has 3 aromatic heterocycles. The van der Waals surface area contributed by atoms with Crippen molar-refractivity contribution in [1.82, 2.24) is 14.5 Å². The van der Waals surface area contributed by atoms with Crippen LogP contribution in [-0.2, 0) is 5.41 Å². The Morgan fingerprint density at radius 1 is 0.547 bits per heavy atom. The van der Waals surface area contributed by atoms with Crippen molar-refractivity contribution in [2.75, 3.05) is 16.5 Å². The smallest absolute Gasteiger partial charge is 0.158 e. The van der Waals surface area contributed by atoms with Crippen molar-refractivity contribution in [3.05, 3.63) is 164 Å². The van der Waals surface area contributed by atoms with E-state index in [2.05, 4.69) is 169 Å². The van der Waals surface area contributed by atoms with Gasteiger partial charge in [0.25, 0.3) is 0 Å². The van der Waals surface area contributed by atoms with Crippen LogP contribution in [0.25, 0.3) is 49.2 Å². The van der Waals surface area contributed by atoms with Crippen molar-refractivity contribution in [3.63, 3.8) is 0 Å². The summed E-state index contributed by atoms with van der Waals surface area (Å²) in [5.74, 6) is 3.32. The van der Waals surface area contributed by atoms with E-state index in [-0.39, 0.29) is 5.41 Å². The predicted molar refractivity (Wildman–Crippen MR) is 219 cm³/mol. The SMILES string of the molecule is CC(C)(C)c1ccnc(-n2c3ccccc3c3ccc(Oc4cccc(N5CN(c6cccc7ccc8ccccc8c67)c6cccnc65)c4)cc32)c1. The first-order valence-electron chi connectivity index (χ1n) is 18.1. The van der Waals surface area contributed by atoms with Gasteiger partial charge in [-0.2, -0.15) is 0 Å². The Morgan fingerprint density at radius 2 is 1.30 bits per heavy atom. The number of fused-ring (bicyclic) bond motifs is 7. The monoisotopic (exact) mass is 687 g/mol. The molecule has 0 fully saturated rings. The van der Waals surface area contributed by atoms with E-state index in [9.17, 15) is 0 Å². The van der Waals surface area contributed by atoms with Crippen LogP contribution in [0.4, 0.5) is 22.9 Å². The Morgan fingerprint density at radius 3 is 2.21 bits per heavy atom. The molecule has 0 atom stereocenters. The summed E-state index contributed by atoms with van der Waals surface area (Å²) < 4.78 is 8.91. The molecule has 0 N–H and O–H groups in total. The number of benzene rings is 6. The average molecular weight is 688 g/mol. The van der Waals surface area contributed by atoms with Crippen LogP contribution < -0.4 is 14.5 Å². The molecule has 0 radical (unpaired) electrons. The number of anilines is 4. The summed E-state index contributed by atoms with van der Waals surface area (Å²) in [4.78, 5) is 14.4. The molecule has 0 unspecified atom stereocenters. The summed E-state index contributed by atoms with van der Waals surface area (Å²) in [6.07, 6.45) is 3.78. The van der Waals surface area contributed by atoms with E-state index in [1.165, 1.54) is 32.5 Å². The van der Waals surface area contributed by atoms with Gasteiger partial charge in [-0.3, -0.25) is 4.57 Å². The maximum atomic E-state index is 6.66. The third kappa shape index (κ3) is 5.17. The third-order valence-corrected chi connectivity index (χ3v) is 10.5. The second kappa shape index (κ2) is 12.0. The Labute approximate surface area is 308 Å². The highest BCUT2D eigenvalue weighted by molar-refractivity contribution is 6.15. The van der Waals surface area contributed by atoms with E-state index in [1.807, 2.05) is 24.5 Å². The van der Waals surface area contributed by atoms with Crippen molar-refractivity contribution in [3.8, 4) is 17.3 Å². The van der Waals surface area contributed by atoms with Crippen LogP contribution in [0, 0.1) is 0 Å². The van der Waals surface area contributed by atoms with Gasteiger partial charge in [-0.05, 0) is 87.8 Å². The number of pyridine rings is 2. The number of hydrogen-bond donors (Lipinski definition) is 0. The molecule has 6 aromatic carbocycles. The van der Waals surface area contributed by atoms with Crippen molar-refractivity contribution < 1.29 is 4.74 Å². The van der Waals surface area contributed by atoms with Gasteiger partial charge in [0, 0.05) is 46.4 Å². The van der Waals surface area contributed by atoms with Gasteiger partial charge >= 0.3 is 0 Å². The molecule has 1 aliphatic heterocycles. The highest BCUT2D eigenvalue weighted by Crippen LogP contribution is 2.46. The van der Waals surface area contributed by atoms with E-state index in [1.54, 1.807) is 0 Å². The second-order valence-corrected chi connectivity index (χ2v) is 14.8. The first-order valence-corrected chi connectivity index (χ1v) is 18.1. The molecular weight excluding hydrogens is 651 g/mol. The molecule has 0 spiro atoms. The zero-order valence-corrected chi connectivity index (χ0v) is 29.9. The van der Waals surface area contributed by atoms with Gasteiger partial charge in [0.15, 0.2) is 5.82 Å². The van der Waals surface area contributed by atoms with Crippen molar-refractivity contribution in [1.29, 1.82) is 0 Å². The lowest BCUT2D eigenvalue weighted by molar-refractivity contribution is 0.483. The standard InChI is InChI=1S/C47H37N5O/c1-47(2,3)33-24-26-48-44(27-33)52-40-17-7-6-16-38(40)39-23-22-36(29-43(39)52)53-35-14-9-13-34(28-35)50-30-51(42-19-10-25-49-46(42)50)41-18-8-12-32-21-20-31-11-4-5-15-37(31)45(32)41/h4-29H,30H2,1-3H3. The van der Waals surface area contributed by atoms with E-state index < -0.39 is 0 Å². The maximum absolute atomic E-state index is 6.66. The lowest BCUT2D eigenvalue weighted by Crippen LogP contribution is -2.24.